The molecule has 4 heteroatoms. The van der Waals surface area contributed by atoms with E-state index < -0.39 is 5.79 Å². The second kappa shape index (κ2) is 6.96. The Morgan fingerprint density at radius 2 is 1.75 bits per heavy atom. The quantitative estimate of drug-likeness (QED) is 0.806. The van der Waals surface area contributed by atoms with Crippen molar-refractivity contribution in [2.45, 2.75) is 25.6 Å². The normalized spacial score (nSPS) is 22.0. The first-order valence-corrected chi connectivity index (χ1v) is 9.75. The van der Waals surface area contributed by atoms with Gasteiger partial charge in [-0.15, -0.1) is 11.3 Å². The Hall–Kier alpha value is -1.20. The van der Waals surface area contributed by atoms with Crippen LogP contribution in [0.4, 0.5) is 0 Å². The minimum Gasteiger partial charge on any atom is -0.343 e. The number of rotatable bonds is 5. The molecule has 1 unspecified atom stereocenters. The van der Waals surface area contributed by atoms with Crippen LogP contribution in [-0.4, -0.2) is 37.7 Å². The summed E-state index contributed by atoms with van der Waals surface area (Å²) >= 11 is 1.80. The van der Waals surface area contributed by atoms with Gasteiger partial charge in [-0.3, -0.25) is 0 Å². The van der Waals surface area contributed by atoms with Crippen LogP contribution in [0.3, 0.4) is 0 Å². The molecule has 2 saturated heterocycles. The molecule has 1 aromatic carbocycles. The van der Waals surface area contributed by atoms with Gasteiger partial charge < -0.3 is 14.4 Å². The number of hydrogen-bond donors (Lipinski definition) is 0. The van der Waals surface area contributed by atoms with Crippen molar-refractivity contribution in [2.24, 2.45) is 5.92 Å². The third-order valence-electron chi connectivity index (χ3n) is 5.10. The van der Waals surface area contributed by atoms with Crippen LogP contribution >= 0.6 is 11.3 Å². The van der Waals surface area contributed by atoms with Gasteiger partial charge in [0.15, 0.2) is 0 Å². The molecule has 2 fully saturated rings. The first-order chi connectivity index (χ1) is 11.8. The Balaban J connectivity index is 1.59. The molecule has 2 aromatic rings. The summed E-state index contributed by atoms with van der Waals surface area (Å²) in [6, 6.07) is 14.9. The van der Waals surface area contributed by atoms with E-state index >= 15 is 0 Å². The molecule has 3 nitrogen and oxygen atoms in total. The number of likely N-dealkylation sites (tertiary alicyclic amines) is 1. The lowest BCUT2D eigenvalue weighted by Crippen LogP contribution is -2.40. The van der Waals surface area contributed by atoms with E-state index in [0.29, 0.717) is 19.1 Å². The molecule has 1 aromatic heterocycles. The van der Waals surface area contributed by atoms with Crippen LogP contribution in [0.5, 0.6) is 0 Å². The highest BCUT2D eigenvalue weighted by molar-refractivity contribution is 7.15. The molecule has 3 heterocycles. The third kappa shape index (κ3) is 3.04. The number of benzene rings is 1. The molecule has 0 saturated carbocycles. The largest absolute Gasteiger partial charge is 0.343 e. The van der Waals surface area contributed by atoms with Gasteiger partial charge in [-0.1, -0.05) is 37.3 Å². The number of ether oxygens (including phenoxy) is 2. The number of nitrogens with zero attached hydrogens (tertiary/aromatic N) is 1. The molecule has 0 spiro atoms. The van der Waals surface area contributed by atoms with Gasteiger partial charge in [0.25, 0.3) is 0 Å². The molecule has 4 rings (SSSR count). The Labute approximate surface area is 148 Å². The van der Waals surface area contributed by atoms with Crippen molar-refractivity contribution in [1.29, 1.82) is 0 Å². The summed E-state index contributed by atoms with van der Waals surface area (Å²) in [5.41, 5.74) is 1.26. The summed E-state index contributed by atoms with van der Waals surface area (Å²) in [6.07, 6.45) is 2.64. The third-order valence-corrected chi connectivity index (χ3v) is 6.34. The summed E-state index contributed by atoms with van der Waals surface area (Å²) in [5.74, 6) is -0.249. The second-order valence-electron chi connectivity index (χ2n) is 6.80. The van der Waals surface area contributed by atoms with Crippen molar-refractivity contribution in [3.63, 3.8) is 0 Å². The monoisotopic (exact) mass is 343 g/mol. The van der Waals surface area contributed by atoms with Gasteiger partial charge in [0.05, 0.1) is 18.1 Å². The van der Waals surface area contributed by atoms with E-state index in [1.54, 1.807) is 11.3 Å². The summed E-state index contributed by atoms with van der Waals surface area (Å²) < 4.78 is 12.4. The molecule has 0 amide bonds. The second-order valence-corrected chi connectivity index (χ2v) is 7.89. The molecule has 1 atom stereocenters. The molecular weight excluding hydrogens is 318 g/mol. The fraction of sp³-hybridized carbons (Fsp3) is 0.500. The molecule has 0 radical (unpaired) electrons. The molecule has 128 valence electrons. The first kappa shape index (κ1) is 16.3. The van der Waals surface area contributed by atoms with E-state index in [1.807, 2.05) is 0 Å². The van der Waals surface area contributed by atoms with Gasteiger partial charge in [-0.25, -0.2) is 0 Å². The SMILES string of the molecule is CC(CN1CCCC1)C1(c2ccc(-c3ccccc3)s2)OCCO1. The van der Waals surface area contributed by atoms with Gasteiger partial charge in [-0.2, -0.15) is 0 Å². The van der Waals surface area contributed by atoms with Crippen molar-refractivity contribution in [3.8, 4) is 10.4 Å². The maximum absolute atomic E-state index is 6.21. The average Bonchev–Trinajstić information content (AvgIpc) is 3.36. The van der Waals surface area contributed by atoms with Crippen LogP contribution in [-0.2, 0) is 15.3 Å². The van der Waals surface area contributed by atoms with Gasteiger partial charge in [0.2, 0.25) is 5.79 Å². The summed E-state index contributed by atoms with van der Waals surface area (Å²) in [4.78, 5) is 5.02. The van der Waals surface area contributed by atoms with Crippen LogP contribution in [0.2, 0.25) is 0 Å². The van der Waals surface area contributed by atoms with E-state index in [-0.39, 0.29) is 0 Å². The lowest BCUT2D eigenvalue weighted by atomic mass is 9.98. The smallest absolute Gasteiger partial charge is 0.208 e. The highest BCUT2D eigenvalue weighted by Gasteiger charge is 2.45. The van der Waals surface area contributed by atoms with Crippen LogP contribution < -0.4 is 0 Å². The van der Waals surface area contributed by atoms with Crippen molar-refractivity contribution in [2.75, 3.05) is 32.8 Å². The maximum atomic E-state index is 6.21. The Kier molecular flexibility index (Phi) is 4.72. The Morgan fingerprint density at radius 1 is 1.04 bits per heavy atom. The topological polar surface area (TPSA) is 21.7 Å². The summed E-state index contributed by atoms with van der Waals surface area (Å²) in [5, 5.41) is 0. The highest BCUT2D eigenvalue weighted by atomic mass is 32.1. The standard InChI is InChI=1S/C20H25NO2S/c1-16(15-21-11-5-6-12-21)20(22-13-14-23-20)19-10-9-18(24-19)17-7-3-2-4-8-17/h2-4,7-10,16H,5-6,11-15H2,1H3. The number of thiophene rings is 1. The van der Waals surface area contributed by atoms with Crippen LogP contribution in [0, 0.1) is 5.92 Å². The van der Waals surface area contributed by atoms with E-state index in [0.717, 1.165) is 6.54 Å². The summed E-state index contributed by atoms with van der Waals surface area (Å²) in [6.45, 7) is 7.09. The van der Waals surface area contributed by atoms with Crippen molar-refractivity contribution in [1.82, 2.24) is 4.90 Å². The fourth-order valence-electron chi connectivity index (χ4n) is 3.85. The zero-order valence-corrected chi connectivity index (χ0v) is 15.1. The van der Waals surface area contributed by atoms with Crippen molar-refractivity contribution >= 4 is 11.3 Å². The molecular formula is C20H25NO2S. The van der Waals surface area contributed by atoms with Gasteiger partial charge in [0, 0.05) is 17.3 Å². The zero-order valence-electron chi connectivity index (χ0n) is 14.2. The lowest BCUT2D eigenvalue weighted by Gasteiger charge is -2.34. The first-order valence-electron chi connectivity index (χ1n) is 8.94. The minimum atomic E-state index is -0.569. The van der Waals surface area contributed by atoms with E-state index in [9.17, 15) is 0 Å². The van der Waals surface area contributed by atoms with Crippen LogP contribution in [0.25, 0.3) is 10.4 Å². The van der Waals surface area contributed by atoms with Gasteiger partial charge >= 0.3 is 0 Å². The molecule has 0 N–H and O–H groups in total. The van der Waals surface area contributed by atoms with E-state index in [1.165, 1.54) is 41.2 Å². The Bertz CT molecular complexity index is 657. The predicted octanol–water partition coefficient (Wildman–Crippen LogP) is 4.35. The van der Waals surface area contributed by atoms with E-state index in [4.69, 9.17) is 9.47 Å². The fourth-order valence-corrected chi connectivity index (χ4v) is 5.08. The van der Waals surface area contributed by atoms with Crippen molar-refractivity contribution in [3.05, 3.63) is 47.3 Å². The summed E-state index contributed by atoms with van der Waals surface area (Å²) in [7, 11) is 0. The maximum Gasteiger partial charge on any atom is 0.208 e. The minimum absolute atomic E-state index is 0.320. The molecule has 0 bridgehead atoms. The average molecular weight is 343 g/mol. The van der Waals surface area contributed by atoms with Crippen LogP contribution in [0.1, 0.15) is 24.6 Å². The predicted molar refractivity (Wildman–Crippen MR) is 98.2 cm³/mol. The molecule has 24 heavy (non-hydrogen) atoms. The Morgan fingerprint density at radius 3 is 2.46 bits per heavy atom. The molecule has 0 aliphatic carbocycles. The van der Waals surface area contributed by atoms with Gasteiger partial charge in [0.1, 0.15) is 0 Å². The molecule has 2 aliphatic rings. The highest BCUT2D eigenvalue weighted by Crippen LogP contribution is 2.44. The van der Waals surface area contributed by atoms with Gasteiger partial charge in [-0.05, 0) is 43.6 Å². The van der Waals surface area contributed by atoms with E-state index in [2.05, 4.69) is 54.3 Å². The molecule has 2 aliphatic heterocycles. The van der Waals surface area contributed by atoms with Crippen LogP contribution in [0.15, 0.2) is 42.5 Å². The zero-order chi connectivity index (χ0) is 16.4. The number of hydrogen-bond acceptors (Lipinski definition) is 4. The lowest BCUT2D eigenvalue weighted by molar-refractivity contribution is -0.201. The van der Waals surface area contributed by atoms with Crippen molar-refractivity contribution < 1.29 is 9.47 Å².